The molecule has 1 aliphatic carbocycles. The van der Waals surface area contributed by atoms with Gasteiger partial charge in [-0.3, -0.25) is 14.5 Å². The summed E-state index contributed by atoms with van der Waals surface area (Å²) in [6.45, 7) is 4.68. The fourth-order valence-electron chi connectivity index (χ4n) is 4.33. The molecule has 3 N–H and O–H groups in total. The summed E-state index contributed by atoms with van der Waals surface area (Å²) >= 11 is 0. The third-order valence-corrected chi connectivity index (χ3v) is 6.09. The monoisotopic (exact) mass is 387 g/mol. The highest BCUT2D eigenvalue weighted by Crippen LogP contribution is 2.33. The third kappa shape index (κ3) is 3.98. The molecule has 8 nitrogen and oxygen atoms in total. The van der Waals surface area contributed by atoms with Crippen molar-refractivity contribution in [1.29, 1.82) is 0 Å². The molecule has 1 atom stereocenters. The van der Waals surface area contributed by atoms with E-state index in [-0.39, 0.29) is 5.91 Å². The van der Waals surface area contributed by atoms with Crippen molar-refractivity contribution < 1.29 is 14.7 Å². The lowest BCUT2D eigenvalue weighted by Crippen LogP contribution is -2.61. The summed E-state index contributed by atoms with van der Waals surface area (Å²) in [5, 5.41) is 11.1. The maximum atomic E-state index is 12.9. The second kappa shape index (κ2) is 7.67. The molecule has 0 aromatic carbocycles. The van der Waals surface area contributed by atoms with Gasteiger partial charge in [-0.2, -0.15) is 0 Å². The predicted molar refractivity (Wildman–Crippen MR) is 105 cm³/mol. The van der Waals surface area contributed by atoms with Crippen molar-refractivity contribution in [3.63, 3.8) is 0 Å². The average molecular weight is 387 g/mol. The highest BCUT2D eigenvalue weighted by atomic mass is 16.3. The number of piperidine rings is 1. The van der Waals surface area contributed by atoms with Crippen LogP contribution in [0.25, 0.3) is 0 Å². The standard InChI is InChI=1S/C20H29N5O3/c21-17(26)16-3-1-7-22-18(16)24-11-9-23(10-12-24)14-20(28)6-2-8-25(19(20)27)13-15-4-5-15/h1,3,7,15,28H,2,4-6,8-14H2,(H2,21,26)/t20-/m0/s1. The Bertz CT molecular complexity index is 745. The molecule has 4 rings (SSSR count). The number of β-amino-alcohol motifs (C(OH)–C–C–N with tert-alkyl or cyclic N) is 1. The Balaban J connectivity index is 1.36. The molecule has 1 saturated carbocycles. The zero-order chi connectivity index (χ0) is 19.7. The van der Waals surface area contributed by atoms with E-state index in [1.165, 1.54) is 12.8 Å². The van der Waals surface area contributed by atoms with Crippen LogP contribution in [0.4, 0.5) is 5.82 Å². The van der Waals surface area contributed by atoms with Crippen molar-refractivity contribution in [2.75, 3.05) is 50.7 Å². The fourth-order valence-corrected chi connectivity index (χ4v) is 4.33. The molecule has 0 spiro atoms. The maximum absolute atomic E-state index is 12.9. The van der Waals surface area contributed by atoms with Gasteiger partial charge in [0.05, 0.1) is 5.56 Å². The highest BCUT2D eigenvalue weighted by Gasteiger charge is 2.44. The van der Waals surface area contributed by atoms with Crippen LogP contribution in [0.1, 0.15) is 36.0 Å². The van der Waals surface area contributed by atoms with Crippen LogP contribution in [0.3, 0.4) is 0 Å². The number of nitrogens with zero attached hydrogens (tertiary/aromatic N) is 4. The number of likely N-dealkylation sites (tertiary alicyclic amines) is 1. The number of primary amides is 1. The number of carbonyl (C=O) groups is 2. The van der Waals surface area contributed by atoms with Crippen LogP contribution in [-0.4, -0.2) is 83.1 Å². The summed E-state index contributed by atoms with van der Waals surface area (Å²) in [5.41, 5.74) is 4.61. The quantitative estimate of drug-likeness (QED) is 0.716. The van der Waals surface area contributed by atoms with Crippen molar-refractivity contribution in [2.45, 2.75) is 31.3 Å². The molecule has 2 saturated heterocycles. The Morgan fingerprint density at radius 3 is 2.68 bits per heavy atom. The lowest BCUT2D eigenvalue weighted by molar-refractivity contribution is -0.159. The largest absolute Gasteiger partial charge is 0.379 e. The van der Waals surface area contributed by atoms with Gasteiger partial charge in [0.1, 0.15) is 5.82 Å². The van der Waals surface area contributed by atoms with E-state index in [0.717, 1.165) is 19.5 Å². The number of rotatable bonds is 6. The zero-order valence-corrected chi connectivity index (χ0v) is 16.2. The van der Waals surface area contributed by atoms with Crippen LogP contribution in [-0.2, 0) is 4.79 Å². The first-order valence-corrected chi connectivity index (χ1v) is 10.2. The minimum Gasteiger partial charge on any atom is -0.379 e. The number of nitrogens with two attached hydrogens (primary N) is 1. The number of hydrogen-bond acceptors (Lipinski definition) is 6. The lowest BCUT2D eigenvalue weighted by atomic mass is 9.90. The van der Waals surface area contributed by atoms with Gasteiger partial charge in [-0.25, -0.2) is 4.98 Å². The Morgan fingerprint density at radius 1 is 1.25 bits per heavy atom. The number of carbonyl (C=O) groups excluding carboxylic acids is 2. The van der Waals surface area contributed by atoms with Crippen LogP contribution in [0.5, 0.6) is 0 Å². The first kappa shape index (κ1) is 19.1. The molecular weight excluding hydrogens is 358 g/mol. The van der Waals surface area contributed by atoms with E-state index in [1.54, 1.807) is 18.3 Å². The highest BCUT2D eigenvalue weighted by molar-refractivity contribution is 5.97. The van der Waals surface area contributed by atoms with Gasteiger partial charge in [0, 0.05) is 52.0 Å². The summed E-state index contributed by atoms with van der Waals surface area (Å²) in [4.78, 5) is 34.9. The van der Waals surface area contributed by atoms with E-state index < -0.39 is 11.5 Å². The molecule has 3 aliphatic rings. The molecule has 2 aliphatic heterocycles. The van der Waals surface area contributed by atoms with Crippen molar-refractivity contribution in [3.05, 3.63) is 23.9 Å². The van der Waals surface area contributed by atoms with Gasteiger partial charge in [0.2, 0.25) is 0 Å². The van der Waals surface area contributed by atoms with E-state index in [4.69, 9.17) is 5.73 Å². The van der Waals surface area contributed by atoms with Gasteiger partial charge in [-0.15, -0.1) is 0 Å². The molecule has 2 amide bonds. The van der Waals surface area contributed by atoms with Gasteiger partial charge in [0.15, 0.2) is 5.60 Å². The average Bonchev–Trinajstić information content (AvgIpc) is 3.50. The van der Waals surface area contributed by atoms with Crippen LogP contribution < -0.4 is 10.6 Å². The Hall–Kier alpha value is -2.19. The van der Waals surface area contributed by atoms with Crippen LogP contribution in [0, 0.1) is 5.92 Å². The molecule has 0 radical (unpaired) electrons. The SMILES string of the molecule is NC(=O)c1cccnc1N1CCN(C[C@@]2(O)CCCN(CC3CC3)C2=O)CC1. The number of aromatic nitrogens is 1. The molecule has 152 valence electrons. The van der Waals surface area contributed by atoms with E-state index in [0.29, 0.717) is 56.4 Å². The second-order valence-corrected chi connectivity index (χ2v) is 8.33. The second-order valence-electron chi connectivity index (χ2n) is 8.33. The van der Waals surface area contributed by atoms with E-state index in [2.05, 4.69) is 9.88 Å². The number of amides is 2. The smallest absolute Gasteiger partial charge is 0.255 e. The predicted octanol–water partition coefficient (Wildman–Crippen LogP) is 0.0660. The summed E-state index contributed by atoms with van der Waals surface area (Å²) in [6, 6.07) is 3.40. The molecule has 0 bridgehead atoms. The third-order valence-electron chi connectivity index (χ3n) is 6.09. The van der Waals surface area contributed by atoms with Gasteiger partial charge < -0.3 is 20.6 Å². The van der Waals surface area contributed by atoms with E-state index >= 15 is 0 Å². The number of anilines is 1. The number of piperazine rings is 1. The van der Waals surface area contributed by atoms with Crippen LogP contribution in [0.2, 0.25) is 0 Å². The normalized spacial score (nSPS) is 26.5. The molecule has 8 heteroatoms. The van der Waals surface area contributed by atoms with Crippen molar-refractivity contribution >= 4 is 17.6 Å². The Labute approximate surface area is 165 Å². The molecule has 1 aromatic heterocycles. The maximum Gasteiger partial charge on any atom is 0.255 e. The lowest BCUT2D eigenvalue weighted by Gasteiger charge is -2.43. The number of pyridine rings is 1. The number of hydrogen-bond donors (Lipinski definition) is 2. The summed E-state index contributed by atoms with van der Waals surface area (Å²) in [5.74, 6) is 0.655. The summed E-state index contributed by atoms with van der Waals surface area (Å²) < 4.78 is 0. The van der Waals surface area contributed by atoms with E-state index in [9.17, 15) is 14.7 Å². The van der Waals surface area contributed by atoms with Crippen LogP contribution >= 0.6 is 0 Å². The first-order valence-electron chi connectivity index (χ1n) is 10.2. The molecule has 3 fully saturated rings. The molecule has 28 heavy (non-hydrogen) atoms. The van der Waals surface area contributed by atoms with Gasteiger partial charge in [-0.05, 0) is 43.7 Å². The molecule has 0 unspecified atom stereocenters. The van der Waals surface area contributed by atoms with Gasteiger partial charge >= 0.3 is 0 Å². The minimum atomic E-state index is -1.28. The topological polar surface area (TPSA) is 103 Å². The summed E-state index contributed by atoms with van der Waals surface area (Å²) in [7, 11) is 0. The molecular formula is C20H29N5O3. The minimum absolute atomic E-state index is 0.103. The van der Waals surface area contributed by atoms with Crippen LogP contribution in [0.15, 0.2) is 18.3 Å². The Morgan fingerprint density at radius 2 is 2.00 bits per heavy atom. The van der Waals surface area contributed by atoms with Gasteiger partial charge in [-0.1, -0.05) is 0 Å². The van der Waals surface area contributed by atoms with Crippen molar-refractivity contribution in [1.82, 2.24) is 14.8 Å². The van der Waals surface area contributed by atoms with Crippen molar-refractivity contribution in [3.8, 4) is 0 Å². The Kier molecular flexibility index (Phi) is 5.25. The zero-order valence-electron chi connectivity index (χ0n) is 16.2. The van der Waals surface area contributed by atoms with Gasteiger partial charge in [0.25, 0.3) is 11.8 Å². The fraction of sp³-hybridized carbons (Fsp3) is 0.650. The molecule has 3 heterocycles. The first-order chi connectivity index (χ1) is 13.5. The van der Waals surface area contributed by atoms with E-state index in [1.807, 2.05) is 9.80 Å². The van der Waals surface area contributed by atoms with Crippen molar-refractivity contribution in [2.24, 2.45) is 11.7 Å². The summed E-state index contributed by atoms with van der Waals surface area (Å²) in [6.07, 6.45) is 5.44. The number of aliphatic hydroxyl groups is 1. The molecule has 1 aromatic rings.